The third kappa shape index (κ3) is 2.68. The molecule has 7 rings (SSSR count). The van der Waals surface area contributed by atoms with Gasteiger partial charge >= 0.3 is 0 Å². The summed E-state index contributed by atoms with van der Waals surface area (Å²) in [6.07, 6.45) is 7.65. The molecule has 1 atom stereocenters. The maximum Gasteiger partial charge on any atom is 0.244 e. The van der Waals surface area contributed by atoms with Crippen molar-refractivity contribution in [3.8, 4) is 23.4 Å². The molecule has 166 valence electrons. The number of ether oxygens (including phenoxy) is 3. The van der Waals surface area contributed by atoms with Crippen molar-refractivity contribution in [1.29, 1.82) is 5.26 Å². The maximum absolute atomic E-state index is 10.1. The predicted molar refractivity (Wildman–Crippen MR) is 117 cm³/mol. The lowest BCUT2D eigenvalue weighted by atomic mass is 9.48. The average molecular weight is 433 g/mol. The fourth-order valence-electron chi connectivity index (χ4n) is 7.43. The average Bonchev–Trinajstić information content (AvgIpc) is 3.21. The molecule has 4 aliphatic carbocycles. The van der Waals surface area contributed by atoms with E-state index in [4.69, 9.17) is 19.9 Å². The summed E-state index contributed by atoms with van der Waals surface area (Å²) in [5.41, 5.74) is 9.72. The van der Waals surface area contributed by atoms with Gasteiger partial charge in [0.2, 0.25) is 11.8 Å². The first kappa shape index (κ1) is 19.5. The molecule has 4 saturated carbocycles. The topological polar surface area (TPSA) is 106 Å². The fourth-order valence-corrected chi connectivity index (χ4v) is 7.43. The quantitative estimate of drug-likeness (QED) is 0.753. The van der Waals surface area contributed by atoms with Crippen LogP contribution in [-0.4, -0.2) is 24.4 Å². The van der Waals surface area contributed by atoms with Crippen molar-refractivity contribution in [3.05, 3.63) is 46.5 Å². The zero-order valence-corrected chi connectivity index (χ0v) is 18.5. The van der Waals surface area contributed by atoms with Crippen LogP contribution in [0, 0.1) is 29.1 Å². The lowest BCUT2D eigenvalue weighted by Crippen LogP contribution is -2.49. The van der Waals surface area contributed by atoms with Gasteiger partial charge in [-0.1, -0.05) is 6.07 Å². The molecule has 5 aliphatic rings. The van der Waals surface area contributed by atoms with Gasteiger partial charge in [0.05, 0.1) is 25.7 Å². The monoisotopic (exact) mass is 432 g/mol. The Balaban J connectivity index is 1.52. The van der Waals surface area contributed by atoms with Gasteiger partial charge in [0, 0.05) is 11.1 Å². The largest absolute Gasteiger partial charge is 0.493 e. The Morgan fingerprint density at radius 3 is 2.34 bits per heavy atom. The Labute approximate surface area is 187 Å². The Kier molecular flexibility index (Phi) is 4.23. The van der Waals surface area contributed by atoms with Crippen molar-refractivity contribution in [3.63, 3.8) is 0 Å². The highest BCUT2D eigenvalue weighted by atomic mass is 16.5. The maximum atomic E-state index is 10.1. The summed E-state index contributed by atoms with van der Waals surface area (Å²) < 4.78 is 16.8. The van der Waals surface area contributed by atoms with E-state index in [1.165, 1.54) is 38.5 Å². The molecule has 2 aromatic rings. The predicted octanol–water partition coefficient (Wildman–Crippen LogP) is 4.11. The van der Waals surface area contributed by atoms with Gasteiger partial charge in [-0.05, 0) is 74.0 Å². The number of aromatic amines is 1. The van der Waals surface area contributed by atoms with E-state index in [0.29, 0.717) is 23.0 Å². The van der Waals surface area contributed by atoms with Gasteiger partial charge in [-0.15, -0.1) is 5.10 Å². The number of allylic oxidation sites excluding steroid dienone is 1. The van der Waals surface area contributed by atoms with Crippen molar-refractivity contribution in [2.75, 3.05) is 14.2 Å². The molecule has 0 spiro atoms. The Hall–Kier alpha value is -3.14. The number of hydrogen-bond donors (Lipinski definition) is 2. The van der Waals surface area contributed by atoms with Crippen LogP contribution in [0.3, 0.4) is 0 Å². The van der Waals surface area contributed by atoms with Crippen LogP contribution in [0.1, 0.15) is 61.3 Å². The van der Waals surface area contributed by atoms with Crippen LogP contribution in [0.15, 0.2) is 29.7 Å². The van der Waals surface area contributed by atoms with Gasteiger partial charge in [-0.25, -0.2) is 0 Å². The number of nitrogens with one attached hydrogen (secondary N) is 1. The third-order valence-electron chi connectivity index (χ3n) is 8.25. The van der Waals surface area contributed by atoms with Crippen molar-refractivity contribution in [2.24, 2.45) is 23.5 Å². The van der Waals surface area contributed by atoms with Crippen LogP contribution in [-0.2, 0) is 5.41 Å². The van der Waals surface area contributed by atoms with Gasteiger partial charge in [-0.3, -0.25) is 5.10 Å². The number of nitriles is 1. The Bertz CT molecular complexity index is 1120. The highest BCUT2D eigenvalue weighted by Crippen LogP contribution is 2.62. The van der Waals surface area contributed by atoms with E-state index in [1.807, 2.05) is 18.2 Å². The third-order valence-corrected chi connectivity index (χ3v) is 8.25. The molecule has 0 radical (unpaired) electrons. The molecule has 7 heteroatoms. The highest BCUT2D eigenvalue weighted by Gasteiger charge is 2.54. The molecule has 0 saturated heterocycles. The molecule has 3 N–H and O–H groups in total. The summed E-state index contributed by atoms with van der Waals surface area (Å²) in [5, 5.41) is 18.0. The minimum atomic E-state index is -0.356. The number of aromatic nitrogens is 2. The number of nitrogens with zero attached hydrogens (tertiary/aromatic N) is 2. The highest BCUT2D eigenvalue weighted by molar-refractivity contribution is 5.58. The van der Waals surface area contributed by atoms with E-state index in [2.05, 4.69) is 16.3 Å². The molecule has 1 aromatic carbocycles. The van der Waals surface area contributed by atoms with Crippen LogP contribution in [0.5, 0.6) is 17.4 Å². The van der Waals surface area contributed by atoms with Gasteiger partial charge < -0.3 is 19.9 Å². The molecule has 4 fully saturated rings. The second-order valence-corrected chi connectivity index (χ2v) is 10.1. The van der Waals surface area contributed by atoms with E-state index in [1.54, 1.807) is 14.2 Å². The van der Waals surface area contributed by atoms with Gasteiger partial charge in [0.15, 0.2) is 11.5 Å². The van der Waals surface area contributed by atoms with Gasteiger partial charge in [0.25, 0.3) is 0 Å². The molecular formula is C25H28N4O3. The summed E-state index contributed by atoms with van der Waals surface area (Å²) in [6, 6.07) is 8.09. The first-order chi connectivity index (χ1) is 15.5. The first-order valence-corrected chi connectivity index (χ1v) is 11.4. The van der Waals surface area contributed by atoms with Crippen molar-refractivity contribution in [2.45, 2.75) is 49.9 Å². The number of hydrogen-bond acceptors (Lipinski definition) is 6. The van der Waals surface area contributed by atoms with Crippen LogP contribution in [0.4, 0.5) is 0 Å². The summed E-state index contributed by atoms with van der Waals surface area (Å²) in [5.74, 6) is 3.89. The summed E-state index contributed by atoms with van der Waals surface area (Å²) >= 11 is 0. The minimum Gasteiger partial charge on any atom is -0.493 e. The van der Waals surface area contributed by atoms with Crippen LogP contribution in [0.25, 0.3) is 0 Å². The summed E-state index contributed by atoms with van der Waals surface area (Å²) in [4.78, 5) is 0. The smallest absolute Gasteiger partial charge is 0.244 e. The number of nitrogens with two attached hydrogens (primary N) is 1. The van der Waals surface area contributed by atoms with Crippen molar-refractivity contribution >= 4 is 0 Å². The molecule has 7 nitrogen and oxygen atoms in total. The number of rotatable bonds is 4. The standard InChI is InChI=1S/C25H28N4O3/c1-30-18-4-3-16(8-19(18)31-2)20-17(12-26)23(27)32-24-21(20)22(28-29-24)25-9-13-5-14(10-25)7-15(6-13)11-25/h3-4,8,13-15,20H,5-7,9-11,27H2,1-2H3,(H,28,29)/t13?,14?,15?,20-,25?/m1/s1. The SMILES string of the molecule is COc1ccc([C@@H]2C(C#N)=C(N)Oc3n[nH]c(C45CC6CC(CC(C6)C4)C5)c32)cc1OC. The molecule has 2 heterocycles. The van der Waals surface area contributed by atoms with Gasteiger partial charge in [0.1, 0.15) is 11.6 Å². The van der Waals surface area contributed by atoms with E-state index >= 15 is 0 Å². The number of methoxy groups -OCH3 is 2. The normalized spacial score (nSPS) is 32.3. The number of benzene rings is 1. The van der Waals surface area contributed by atoms with Crippen LogP contribution in [0.2, 0.25) is 0 Å². The van der Waals surface area contributed by atoms with E-state index < -0.39 is 0 Å². The zero-order chi connectivity index (χ0) is 22.0. The second-order valence-electron chi connectivity index (χ2n) is 10.1. The number of fused-ring (bicyclic) bond motifs is 1. The van der Waals surface area contributed by atoms with Crippen LogP contribution >= 0.6 is 0 Å². The van der Waals surface area contributed by atoms with E-state index in [9.17, 15) is 5.26 Å². The molecule has 0 unspecified atom stereocenters. The summed E-state index contributed by atoms with van der Waals surface area (Å²) in [6.45, 7) is 0. The Morgan fingerprint density at radius 1 is 1.09 bits per heavy atom. The molecule has 1 aliphatic heterocycles. The van der Waals surface area contributed by atoms with Crippen molar-refractivity contribution < 1.29 is 14.2 Å². The molecule has 32 heavy (non-hydrogen) atoms. The molecular weight excluding hydrogens is 404 g/mol. The second kappa shape index (κ2) is 6.93. The number of H-pyrrole nitrogens is 1. The van der Waals surface area contributed by atoms with E-state index in [-0.39, 0.29) is 17.2 Å². The first-order valence-electron chi connectivity index (χ1n) is 11.4. The zero-order valence-electron chi connectivity index (χ0n) is 18.5. The fraction of sp³-hybridized carbons (Fsp3) is 0.520. The van der Waals surface area contributed by atoms with Crippen molar-refractivity contribution in [1.82, 2.24) is 10.2 Å². The lowest BCUT2D eigenvalue weighted by Gasteiger charge is -2.56. The lowest BCUT2D eigenvalue weighted by molar-refractivity contribution is -0.00768. The minimum absolute atomic E-state index is 0.0835. The van der Waals surface area contributed by atoms with Gasteiger partial charge in [-0.2, -0.15) is 5.26 Å². The Morgan fingerprint density at radius 2 is 1.75 bits per heavy atom. The van der Waals surface area contributed by atoms with Crippen LogP contribution < -0.4 is 19.9 Å². The molecule has 0 amide bonds. The molecule has 4 bridgehead atoms. The molecule has 1 aromatic heterocycles. The van der Waals surface area contributed by atoms with E-state index in [0.717, 1.165) is 34.6 Å². The summed E-state index contributed by atoms with van der Waals surface area (Å²) in [7, 11) is 3.23.